The summed E-state index contributed by atoms with van der Waals surface area (Å²) < 4.78 is 4.87. The van der Waals surface area contributed by atoms with E-state index < -0.39 is 0 Å². The maximum atomic E-state index is 5.76. The molecule has 76 heavy (non-hydrogen) atoms. The van der Waals surface area contributed by atoms with E-state index in [1.807, 2.05) is 6.07 Å². The van der Waals surface area contributed by atoms with Crippen LogP contribution >= 0.6 is 0 Å². The van der Waals surface area contributed by atoms with E-state index in [1.165, 1.54) is 33.0 Å². The zero-order valence-electron chi connectivity index (χ0n) is 41.0. The third kappa shape index (κ3) is 6.39. The number of benzene rings is 11. The lowest BCUT2D eigenvalue weighted by atomic mass is 9.98. The second kappa shape index (κ2) is 16.6. The van der Waals surface area contributed by atoms with Crippen LogP contribution in [0.3, 0.4) is 0 Å². The average molecular weight is 970 g/mol. The predicted octanol–water partition coefficient (Wildman–Crippen LogP) is 18.0. The van der Waals surface area contributed by atoms with Crippen LogP contribution in [0, 0.1) is 0 Å². The second-order valence-electron chi connectivity index (χ2n) is 19.7. The van der Waals surface area contributed by atoms with Crippen molar-refractivity contribution >= 4 is 78.3 Å². The summed E-state index contributed by atoms with van der Waals surface area (Å²) in [5.41, 5.74) is 20.4. The summed E-state index contributed by atoms with van der Waals surface area (Å²) in [5, 5.41) is 4.64. The van der Waals surface area contributed by atoms with Crippen LogP contribution in [0.15, 0.2) is 261 Å². The van der Waals surface area contributed by atoms with Gasteiger partial charge in [-0.1, -0.05) is 188 Å². The number of hydrogen-bond acceptors (Lipinski definition) is 5. The lowest BCUT2D eigenvalue weighted by Crippen LogP contribution is -2.24. The fourth-order valence-corrected chi connectivity index (χ4v) is 12.0. The largest absolute Gasteiger partial charge is 0.305 e. The van der Waals surface area contributed by atoms with E-state index in [-0.39, 0.29) is 0 Å². The van der Waals surface area contributed by atoms with Gasteiger partial charge in [0.1, 0.15) is 0 Å². The number of anilines is 6. The topological polar surface area (TPSA) is 55.0 Å². The van der Waals surface area contributed by atoms with Gasteiger partial charge in [0.25, 0.3) is 0 Å². The molecule has 0 aliphatic carbocycles. The molecular formula is C69H43N7. The number of fused-ring (bicyclic) bond motifs is 10. The zero-order valence-corrected chi connectivity index (χ0v) is 41.0. The summed E-state index contributed by atoms with van der Waals surface area (Å²) in [6.45, 7) is 0. The molecule has 14 aromatic rings. The highest BCUT2D eigenvalue weighted by Crippen LogP contribution is 2.54. The van der Waals surface area contributed by atoms with Gasteiger partial charge in [0, 0.05) is 27.1 Å². The number of rotatable bonds is 7. The van der Waals surface area contributed by atoms with E-state index in [4.69, 9.17) is 15.0 Å². The van der Waals surface area contributed by atoms with Crippen LogP contribution in [-0.2, 0) is 0 Å². The van der Waals surface area contributed by atoms with Crippen LogP contribution in [-0.4, -0.2) is 24.1 Å². The van der Waals surface area contributed by atoms with Gasteiger partial charge < -0.3 is 9.13 Å². The third-order valence-corrected chi connectivity index (χ3v) is 15.4. The van der Waals surface area contributed by atoms with Crippen LogP contribution in [0.1, 0.15) is 0 Å². The Labute approximate surface area is 438 Å². The molecule has 0 amide bonds. The van der Waals surface area contributed by atoms with E-state index in [0.717, 1.165) is 94.8 Å². The summed E-state index contributed by atoms with van der Waals surface area (Å²) in [5.74, 6) is 1.59. The highest BCUT2D eigenvalue weighted by atomic mass is 15.4. The number of hydrogen-bond donors (Lipinski definition) is 0. The molecule has 16 rings (SSSR count). The van der Waals surface area contributed by atoms with Gasteiger partial charge in [-0.15, -0.1) is 0 Å². The van der Waals surface area contributed by atoms with Crippen molar-refractivity contribution in [2.45, 2.75) is 0 Å². The zero-order chi connectivity index (χ0) is 49.8. The molecule has 0 spiro atoms. The smallest absolute Gasteiger partial charge is 0.240 e. The quantitative estimate of drug-likeness (QED) is 0.159. The minimum absolute atomic E-state index is 0.510. The molecule has 3 aromatic heterocycles. The molecule has 354 valence electrons. The Balaban J connectivity index is 0.992. The molecule has 0 bridgehead atoms. The Morgan fingerprint density at radius 1 is 0.224 bits per heavy atom. The molecule has 2 aliphatic heterocycles. The molecule has 0 saturated carbocycles. The van der Waals surface area contributed by atoms with Crippen molar-refractivity contribution in [1.29, 1.82) is 0 Å². The van der Waals surface area contributed by atoms with Gasteiger partial charge in [-0.3, -0.25) is 9.80 Å². The van der Waals surface area contributed by atoms with Crippen LogP contribution in [0.4, 0.5) is 34.6 Å². The van der Waals surface area contributed by atoms with E-state index >= 15 is 0 Å². The normalized spacial score (nSPS) is 12.4. The van der Waals surface area contributed by atoms with Crippen molar-refractivity contribution in [2.24, 2.45) is 0 Å². The fourth-order valence-electron chi connectivity index (χ4n) is 12.0. The number of para-hydroxylation sites is 4. The van der Waals surface area contributed by atoms with Gasteiger partial charge in [-0.25, -0.2) is 0 Å². The Kier molecular flexibility index (Phi) is 9.20. The van der Waals surface area contributed by atoms with Crippen molar-refractivity contribution in [3.8, 4) is 67.3 Å². The van der Waals surface area contributed by atoms with Gasteiger partial charge >= 0.3 is 0 Å². The lowest BCUT2D eigenvalue weighted by Gasteiger charge is -2.34. The molecular weight excluding hydrogens is 927 g/mol. The van der Waals surface area contributed by atoms with Crippen LogP contribution in [0.25, 0.3) is 111 Å². The van der Waals surface area contributed by atoms with Crippen molar-refractivity contribution in [3.63, 3.8) is 0 Å². The molecule has 0 fully saturated rings. The standard InChI is InChI=1S/C69H43N7/c1-6-20-44(21-7-1)49-34-36-57-53(38-49)55-40-51(46-24-10-3-11-25-46)42-63-65(55)73(57)59-30-16-18-32-61(59)75(63)68-70-67(48-28-14-5-15-29-48)71-69(72-68)76-62-33-19-17-31-60(62)74-58-37-35-50(45-22-8-2-9-23-45)39-54(58)56-41-52(43-64(76)66(56)74)47-26-12-4-13-27-47/h1-43H. The average Bonchev–Trinajstić information content (AvgIpc) is 4.12. The van der Waals surface area contributed by atoms with Gasteiger partial charge in [0.05, 0.1) is 56.2 Å². The minimum atomic E-state index is 0.510. The van der Waals surface area contributed by atoms with E-state index in [0.29, 0.717) is 17.7 Å². The van der Waals surface area contributed by atoms with Crippen LogP contribution < -0.4 is 9.80 Å². The number of aromatic nitrogens is 5. The summed E-state index contributed by atoms with van der Waals surface area (Å²) in [7, 11) is 0. The minimum Gasteiger partial charge on any atom is -0.305 e. The molecule has 11 aromatic carbocycles. The van der Waals surface area contributed by atoms with Gasteiger partial charge in [0.2, 0.25) is 11.9 Å². The molecule has 0 saturated heterocycles. The fraction of sp³-hybridized carbons (Fsp3) is 0. The Morgan fingerprint density at radius 2 is 0.553 bits per heavy atom. The summed E-state index contributed by atoms with van der Waals surface area (Å²) in [4.78, 5) is 21.4. The molecule has 7 nitrogen and oxygen atoms in total. The highest BCUT2D eigenvalue weighted by Gasteiger charge is 2.35. The predicted molar refractivity (Wildman–Crippen MR) is 312 cm³/mol. The maximum Gasteiger partial charge on any atom is 0.240 e. The van der Waals surface area contributed by atoms with Crippen molar-refractivity contribution < 1.29 is 0 Å². The summed E-state index contributed by atoms with van der Waals surface area (Å²) in [6.07, 6.45) is 0. The first-order valence-corrected chi connectivity index (χ1v) is 25.8. The first-order valence-electron chi connectivity index (χ1n) is 25.8. The Bertz CT molecular complexity index is 4350. The van der Waals surface area contributed by atoms with Crippen LogP contribution in [0.2, 0.25) is 0 Å². The molecule has 0 N–H and O–H groups in total. The second-order valence-corrected chi connectivity index (χ2v) is 19.7. The van der Waals surface area contributed by atoms with E-state index in [2.05, 4.69) is 274 Å². The van der Waals surface area contributed by atoms with Crippen molar-refractivity contribution in [2.75, 3.05) is 9.80 Å². The Morgan fingerprint density at radius 3 is 0.947 bits per heavy atom. The molecule has 7 heteroatoms. The number of nitrogens with zero attached hydrogens (tertiary/aromatic N) is 7. The molecule has 5 heterocycles. The Hall–Kier alpha value is -10.4. The molecule has 2 aliphatic rings. The van der Waals surface area contributed by atoms with E-state index in [9.17, 15) is 0 Å². The van der Waals surface area contributed by atoms with Crippen molar-refractivity contribution in [1.82, 2.24) is 24.1 Å². The molecule has 0 radical (unpaired) electrons. The third-order valence-electron chi connectivity index (χ3n) is 15.4. The monoisotopic (exact) mass is 969 g/mol. The highest BCUT2D eigenvalue weighted by molar-refractivity contribution is 6.20. The summed E-state index contributed by atoms with van der Waals surface area (Å²) in [6, 6.07) is 93.4. The van der Waals surface area contributed by atoms with E-state index in [1.54, 1.807) is 0 Å². The lowest BCUT2D eigenvalue weighted by molar-refractivity contribution is 0.970. The van der Waals surface area contributed by atoms with Crippen molar-refractivity contribution in [3.05, 3.63) is 261 Å². The molecule has 0 atom stereocenters. The summed E-state index contributed by atoms with van der Waals surface area (Å²) >= 11 is 0. The van der Waals surface area contributed by atoms with Crippen LogP contribution in [0.5, 0.6) is 0 Å². The maximum absolute atomic E-state index is 5.76. The first kappa shape index (κ1) is 42.2. The first-order chi connectivity index (χ1) is 37.7. The van der Waals surface area contributed by atoms with Gasteiger partial charge in [-0.2, -0.15) is 15.0 Å². The molecule has 0 unspecified atom stereocenters. The van der Waals surface area contributed by atoms with Gasteiger partial charge in [-0.05, 0) is 117 Å². The van der Waals surface area contributed by atoms with Gasteiger partial charge in [0.15, 0.2) is 5.82 Å². The SMILES string of the molecule is c1ccc(-c2ccc3c(c2)c2cc(-c4ccccc4)cc4c2n3-c2ccccc2N4c2nc(-c3ccccc3)nc(N3c4ccccc4-n4c5ccc(-c6ccccc6)cc5c5cc(-c6ccccc6)cc3c54)n2)cc1.